The van der Waals surface area contributed by atoms with Crippen LogP contribution in [0.2, 0.25) is 0 Å². The second-order valence-electron chi connectivity index (χ2n) is 3.34. The summed E-state index contributed by atoms with van der Waals surface area (Å²) in [5, 5.41) is 9.80. The first-order valence-electron chi connectivity index (χ1n) is 4.84. The molecule has 0 radical (unpaired) electrons. The van der Waals surface area contributed by atoms with Crippen LogP contribution in [-0.2, 0) is 11.3 Å². The molecule has 1 fully saturated rings. The molecule has 0 spiro atoms. The van der Waals surface area contributed by atoms with Crippen LogP contribution >= 0.6 is 0 Å². The molecule has 1 aliphatic heterocycles. The summed E-state index contributed by atoms with van der Waals surface area (Å²) >= 11 is 0. The summed E-state index contributed by atoms with van der Waals surface area (Å²) in [7, 11) is 0. The predicted octanol–water partition coefficient (Wildman–Crippen LogP) is -0.618. The van der Waals surface area contributed by atoms with Crippen molar-refractivity contribution in [1.82, 2.24) is 15.5 Å². The van der Waals surface area contributed by atoms with Gasteiger partial charge in [0.05, 0.1) is 6.20 Å². The van der Waals surface area contributed by atoms with Crippen LogP contribution in [0.15, 0.2) is 12.3 Å². The Bertz CT molecular complexity index is 434. The number of nitrogens with one attached hydrogen (secondary N) is 1. The fraction of sp³-hybridized carbons (Fsp3) is 0.333. The minimum absolute atomic E-state index is 0.256. The van der Waals surface area contributed by atoms with Crippen molar-refractivity contribution in [1.29, 1.82) is 0 Å². The molecule has 0 bridgehead atoms. The van der Waals surface area contributed by atoms with E-state index in [1.807, 2.05) is 0 Å². The van der Waals surface area contributed by atoms with Crippen LogP contribution in [0.3, 0.4) is 0 Å². The normalized spacial score (nSPS) is 16.2. The summed E-state index contributed by atoms with van der Waals surface area (Å²) in [6.07, 6.45) is 1.77. The van der Waals surface area contributed by atoms with Crippen molar-refractivity contribution in [3.8, 4) is 0 Å². The Labute approximate surface area is 91.6 Å². The molecule has 1 aromatic rings. The van der Waals surface area contributed by atoms with Crippen LogP contribution in [0.5, 0.6) is 0 Å². The van der Waals surface area contributed by atoms with E-state index in [1.54, 1.807) is 6.07 Å². The smallest absolute Gasteiger partial charge is 0.326 e. The number of amides is 3. The molecule has 0 saturated carbocycles. The maximum Gasteiger partial charge on any atom is 0.329 e. The van der Waals surface area contributed by atoms with Crippen molar-refractivity contribution < 1.29 is 9.59 Å². The molecule has 3 N–H and O–H groups in total. The highest BCUT2D eigenvalue weighted by Crippen LogP contribution is 2.17. The molecule has 2 rings (SSSR count). The van der Waals surface area contributed by atoms with Crippen molar-refractivity contribution in [2.75, 3.05) is 11.4 Å². The molecule has 7 nitrogen and oxygen atoms in total. The van der Waals surface area contributed by atoms with Crippen molar-refractivity contribution in [3.63, 3.8) is 0 Å². The summed E-state index contributed by atoms with van der Waals surface area (Å²) in [6.45, 7) is 0.568. The molecule has 16 heavy (non-hydrogen) atoms. The summed E-state index contributed by atoms with van der Waals surface area (Å²) in [6, 6.07) is 1.22. The van der Waals surface area contributed by atoms with E-state index in [2.05, 4.69) is 15.5 Å². The van der Waals surface area contributed by atoms with Gasteiger partial charge in [-0.15, -0.1) is 5.10 Å². The molecule has 7 heteroatoms. The van der Waals surface area contributed by atoms with Crippen LogP contribution in [0.1, 0.15) is 12.0 Å². The van der Waals surface area contributed by atoms with E-state index in [-0.39, 0.29) is 18.9 Å². The maximum atomic E-state index is 11.6. The standard InChI is InChI=1S/C9H11N5O2/c10-5-6-1-3-11-13-8(6)14-4-2-7(15)12-9(14)16/h1,3H,2,4-5,10H2,(H,12,15,16). The molecular formula is C9H11N5O2. The first kappa shape index (κ1) is 10.5. The van der Waals surface area contributed by atoms with Crippen LogP contribution in [-0.4, -0.2) is 28.7 Å². The quantitative estimate of drug-likeness (QED) is 0.693. The molecule has 84 valence electrons. The predicted molar refractivity (Wildman–Crippen MR) is 55.4 cm³/mol. The topological polar surface area (TPSA) is 101 Å². The number of anilines is 1. The van der Waals surface area contributed by atoms with Gasteiger partial charge < -0.3 is 5.73 Å². The third kappa shape index (κ3) is 1.84. The van der Waals surface area contributed by atoms with E-state index < -0.39 is 6.03 Å². The van der Waals surface area contributed by atoms with Crippen LogP contribution in [0.25, 0.3) is 0 Å². The fourth-order valence-corrected chi connectivity index (χ4v) is 1.50. The highest BCUT2D eigenvalue weighted by atomic mass is 16.2. The lowest BCUT2D eigenvalue weighted by Crippen LogP contribution is -2.50. The second kappa shape index (κ2) is 4.23. The van der Waals surface area contributed by atoms with E-state index >= 15 is 0 Å². The number of nitrogens with two attached hydrogens (primary N) is 1. The van der Waals surface area contributed by atoms with Crippen molar-refractivity contribution in [3.05, 3.63) is 17.8 Å². The van der Waals surface area contributed by atoms with Gasteiger partial charge in [0.15, 0.2) is 5.82 Å². The number of hydrogen-bond donors (Lipinski definition) is 2. The van der Waals surface area contributed by atoms with Crippen molar-refractivity contribution in [2.45, 2.75) is 13.0 Å². The Morgan fingerprint density at radius 1 is 1.50 bits per heavy atom. The molecule has 1 saturated heterocycles. The second-order valence-corrected chi connectivity index (χ2v) is 3.34. The SMILES string of the molecule is NCc1ccnnc1N1CCC(=O)NC1=O. The first-order chi connectivity index (χ1) is 7.72. The number of carbonyl (C=O) groups excluding carboxylic acids is 2. The Morgan fingerprint density at radius 2 is 2.31 bits per heavy atom. The average molecular weight is 221 g/mol. The Morgan fingerprint density at radius 3 is 3.00 bits per heavy atom. The first-order valence-corrected chi connectivity index (χ1v) is 4.84. The van der Waals surface area contributed by atoms with Gasteiger partial charge >= 0.3 is 6.03 Å². The molecule has 0 aliphatic carbocycles. The number of rotatable bonds is 2. The number of aromatic nitrogens is 2. The minimum atomic E-state index is -0.480. The van der Waals surface area contributed by atoms with E-state index in [0.717, 1.165) is 5.56 Å². The maximum absolute atomic E-state index is 11.6. The summed E-state index contributed by atoms with van der Waals surface area (Å²) in [5.74, 6) is 0.134. The Kier molecular flexibility index (Phi) is 2.78. The number of hydrogen-bond acceptors (Lipinski definition) is 5. The van der Waals surface area contributed by atoms with Crippen LogP contribution < -0.4 is 16.0 Å². The zero-order valence-electron chi connectivity index (χ0n) is 8.51. The van der Waals surface area contributed by atoms with Gasteiger partial charge in [0, 0.05) is 25.1 Å². The molecule has 0 atom stereocenters. The third-order valence-electron chi connectivity index (χ3n) is 2.31. The van der Waals surface area contributed by atoms with E-state index in [9.17, 15) is 9.59 Å². The molecule has 1 aliphatic rings. The summed E-state index contributed by atoms with van der Waals surface area (Å²) in [4.78, 5) is 23.9. The van der Waals surface area contributed by atoms with Gasteiger partial charge in [-0.05, 0) is 6.07 Å². The largest absolute Gasteiger partial charge is 0.329 e. The molecule has 3 amide bonds. The Hall–Kier alpha value is -2.02. The van der Waals surface area contributed by atoms with Crippen molar-refractivity contribution in [2.24, 2.45) is 5.73 Å². The summed E-state index contributed by atoms with van der Waals surface area (Å²) in [5.41, 5.74) is 6.26. The van der Waals surface area contributed by atoms with E-state index in [4.69, 9.17) is 5.73 Å². The molecule has 0 aromatic carbocycles. The van der Waals surface area contributed by atoms with Gasteiger partial charge in [-0.25, -0.2) is 4.79 Å². The van der Waals surface area contributed by atoms with Crippen LogP contribution in [0.4, 0.5) is 10.6 Å². The average Bonchev–Trinajstić information content (AvgIpc) is 2.29. The minimum Gasteiger partial charge on any atom is -0.326 e. The van der Waals surface area contributed by atoms with Gasteiger partial charge in [-0.1, -0.05) is 0 Å². The van der Waals surface area contributed by atoms with E-state index in [0.29, 0.717) is 12.4 Å². The number of carbonyl (C=O) groups is 2. The Balaban J connectivity index is 2.30. The lowest BCUT2D eigenvalue weighted by molar-refractivity contribution is -0.120. The van der Waals surface area contributed by atoms with Gasteiger partial charge in [-0.3, -0.25) is 15.0 Å². The zero-order valence-corrected chi connectivity index (χ0v) is 8.51. The highest BCUT2D eigenvalue weighted by Gasteiger charge is 2.26. The monoisotopic (exact) mass is 221 g/mol. The van der Waals surface area contributed by atoms with Gasteiger partial charge in [0.2, 0.25) is 5.91 Å². The van der Waals surface area contributed by atoms with Gasteiger partial charge in [0.1, 0.15) is 0 Å². The number of nitrogens with zero attached hydrogens (tertiary/aromatic N) is 3. The van der Waals surface area contributed by atoms with Gasteiger partial charge in [0.25, 0.3) is 0 Å². The highest BCUT2D eigenvalue weighted by molar-refractivity contribution is 6.05. The molecule has 0 unspecified atom stereocenters. The van der Waals surface area contributed by atoms with Gasteiger partial charge in [-0.2, -0.15) is 5.10 Å². The molecule has 2 heterocycles. The van der Waals surface area contributed by atoms with E-state index in [1.165, 1.54) is 11.1 Å². The lowest BCUT2D eigenvalue weighted by Gasteiger charge is -2.26. The zero-order chi connectivity index (χ0) is 11.5. The number of imide groups is 1. The summed E-state index contributed by atoms with van der Waals surface area (Å²) < 4.78 is 0. The van der Waals surface area contributed by atoms with Crippen LogP contribution in [0, 0.1) is 0 Å². The molecular weight excluding hydrogens is 210 g/mol. The van der Waals surface area contributed by atoms with Crippen molar-refractivity contribution >= 4 is 17.8 Å². The fourth-order valence-electron chi connectivity index (χ4n) is 1.50. The lowest BCUT2D eigenvalue weighted by atomic mass is 10.2. The number of urea groups is 1. The third-order valence-corrected chi connectivity index (χ3v) is 2.31. The molecule has 1 aromatic heterocycles.